The van der Waals surface area contributed by atoms with E-state index in [1.165, 1.54) is 38.5 Å². The molecule has 0 radical (unpaired) electrons. The molecule has 0 aliphatic rings. The van der Waals surface area contributed by atoms with Crippen LogP contribution in [0.3, 0.4) is 0 Å². The minimum absolute atomic E-state index is 0.00662. The van der Waals surface area contributed by atoms with Crippen LogP contribution in [0.5, 0.6) is 23.0 Å². The van der Waals surface area contributed by atoms with Crippen molar-refractivity contribution in [3.63, 3.8) is 0 Å². The largest absolute Gasteiger partial charge is 0.504 e. The summed E-state index contributed by atoms with van der Waals surface area (Å²) in [5, 5.41) is 27.5. The Kier molecular flexibility index (Phi) is 10.5. The molecule has 36 heavy (non-hydrogen) atoms. The number of phenolic OH excluding ortho intramolecular Hbond substituents is 2. The van der Waals surface area contributed by atoms with E-state index in [9.17, 15) is 24.6 Å². The lowest BCUT2D eigenvalue weighted by molar-refractivity contribution is -0.121. The van der Waals surface area contributed by atoms with Crippen LogP contribution in [0.15, 0.2) is 78.9 Å². The molecule has 0 saturated heterocycles. The van der Waals surface area contributed by atoms with E-state index < -0.39 is 5.97 Å². The molecular formula is C28H26O8. The highest BCUT2D eigenvalue weighted by molar-refractivity contribution is 6.10. The van der Waals surface area contributed by atoms with Gasteiger partial charge in [-0.3, -0.25) is 9.59 Å². The Morgan fingerprint density at radius 3 is 1.53 bits per heavy atom. The van der Waals surface area contributed by atoms with Crippen molar-refractivity contribution in [2.24, 2.45) is 0 Å². The number of hydrogen-bond acceptors (Lipinski definition) is 7. The molecule has 0 aliphatic carbocycles. The van der Waals surface area contributed by atoms with Crippen LogP contribution in [0.1, 0.15) is 27.9 Å². The van der Waals surface area contributed by atoms with Gasteiger partial charge in [0.05, 0.1) is 26.2 Å². The second-order valence-electron chi connectivity index (χ2n) is 7.31. The maximum atomic E-state index is 11.9. The summed E-state index contributed by atoms with van der Waals surface area (Å²) in [6.07, 6.45) is 5.44. The Bertz CT molecular complexity index is 1190. The van der Waals surface area contributed by atoms with E-state index in [0.29, 0.717) is 28.2 Å². The molecular weight excluding hydrogens is 464 g/mol. The van der Waals surface area contributed by atoms with E-state index >= 15 is 0 Å². The summed E-state index contributed by atoms with van der Waals surface area (Å²) in [5.41, 5.74) is 1.66. The van der Waals surface area contributed by atoms with Crippen LogP contribution in [-0.4, -0.2) is 47.1 Å². The highest BCUT2D eigenvalue weighted by Gasteiger charge is 2.06. The molecule has 0 bridgehead atoms. The van der Waals surface area contributed by atoms with Gasteiger partial charge in [0, 0.05) is 0 Å². The van der Waals surface area contributed by atoms with Gasteiger partial charge < -0.3 is 24.8 Å². The number of carboxylic acid groups (broad SMARTS) is 1. The van der Waals surface area contributed by atoms with Crippen LogP contribution < -0.4 is 9.47 Å². The predicted octanol–water partition coefficient (Wildman–Crippen LogP) is 4.75. The molecule has 0 aliphatic heterocycles. The SMILES string of the molecule is COc1cc(C=CC(=O)CC(=O)C=Cc2ccc(O)c(OC)c2)ccc1O.O=C(O)c1ccccc1. The third-order valence-electron chi connectivity index (χ3n) is 4.70. The Morgan fingerprint density at radius 2 is 1.17 bits per heavy atom. The Hall–Kier alpha value is -4.85. The van der Waals surface area contributed by atoms with Gasteiger partial charge in [-0.1, -0.05) is 42.5 Å². The minimum atomic E-state index is -0.879. The molecule has 0 aromatic heterocycles. The van der Waals surface area contributed by atoms with E-state index in [1.807, 2.05) is 0 Å². The fourth-order valence-electron chi connectivity index (χ4n) is 2.84. The molecule has 3 rings (SSSR count). The standard InChI is InChI=1S/C21H20O6.C7H6O2/c1-26-20-11-14(5-9-18(20)24)3-7-16(22)13-17(23)8-4-15-6-10-19(25)21(12-15)27-2;8-7(9)6-4-2-1-3-5-6/h3-12,24-25H,13H2,1-2H3;1-5H,(H,8,9). The number of aromatic carboxylic acids is 1. The van der Waals surface area contributed by atoms with Gasteiger partial charge in [0.2, 0.25) is 0 Å². The summed E-state index contributed by atoms with van der Waals surface area (Å²) in [7, 11) is 2.87. The number of ether oxygens (including phenoxy) is 2. The Labute approximate surface area is 208 Å². The lowest BCUT2D eigenvalue weighted by Gasteiger charge is -2.03. The van der Waals surface area contributed by atoms with Crippen LogP contribution >= 0.6 is 0 Å². The molecule has 3 aromatic carbocycles. The number of rotatable bonds is 9. The predicted molar refractivity (Wildman–Crippen MR) is 135 cm³/mol. The van der Waals surface area contributed by atoms with Crippen molar-refractivity contribution in [2.45, 2.75) is 6.42 Å². The maximum absolute atomic E-state index is 11.9. The zero-order valence-corrected chi connectivity index (χ0v) is 19.8. The van der Waals surface area contributed by atoms with Gasteiger partial charge in [-0.15, -0.1) is 0 Å². The number of carbonyl (C=O) groups excluding carboxylic acids is 2. The van der Waals surface area contributed by atoms with E-state index in [4.69, 9.17) is 14.6 Å². The first-order valence-corrected chi connectivity index (χ1v) is 10.7. The van der Waals surface area contributed by atoms with E-state index in [0.717, 1.165) is 0 Å². The topological polar surface area (TPSA) is 130 Å². The molecule has 186 valence electrons. The van der Waals surface area contributed by atoms with Gasteiger partial charge in [-0.25, -0.2) is 4.79 Å². The smallest absolute Gasteiger partial charge is 0.335 e. The molecule has 0 amide bonds. The number of ketones is 2. The third-order valence-corrected chi connectivity index (χ3v) is 4.70. The molecule has 0 fully saturated rings. The highest BCUT2D eigenvalue weighted by Crippen LogP contribution is 2.27. The summed E-state index contributed by atoms with van der Waals surface area (Å²) in [6, 6.07) is 17.6. The van der Waals surface area contributed by atoms with Crippen LogP contribution in [0.4, 0.5) is 0 Å². The third kappa shape index (κ3) is 8.83. The van der Waals surface area contributed by atoms with Crippen molar-refractivity contribution >= 4 is 29.7 Å². The summed E-state index contributed by atoms with van der Waals surface area (Å²) >= 11 is 0. The van der Waals surface area contributed by atoms with Crippen molar-refractivity contribution in [1.29, 1.82) is 0 Å². The molecule has 3 aromatic rings. The van der Waals surface area contributed by atoms with Gasteiger partial charge in [0.15, 0.2) is 34.6 Å². The molecule has 8 nitrogen and oxygen atoms in total. The zero-order valence-electron chi connectivity index (χ0n) is 19.8. The fourth-order valence-corrected chi connectivity index (χ4v) is 2.84. The van der Waals surface area contributed by atoms with Crippen molar-refractivity contribution in [3.05, 3.63) is 95.6 Å². The number of aromatic hydroxyl groups is 2. The second-order valence-corrected chi connectivity index (χ2v) is 7.31. The van der Waals surface area contributed by atoms with Crippen LogP contribution in [0.2, 0.25) is 0 Å². The number of carboxylic acids is 1. The summed E-state index contributed by atoms with van der Waals surface area (Å²) < 4.78 is 10.00. The number of allylic oxidation sites excluding steroid dienone is 2. The summed E-state index contributed by atoms with van der Waals surface area (Å²) in [5.74, 6) is -0.962. The molecule has 0 heterocycles. The molecule has 0 saturated carbocycles. The quantitative estimate of drug-likeness (QED) is 0.289. The van der Waals surface area contributed by atoms with Gasteiger partial charge in [-0.05, 0) is 59.7 Å². The number of methoxy groups -OCH3 is 2. The second kappa shape index (κ2) is 13.8. The van der Waals surface area contributed by atoms with Crippen molar-refractivity contribution in [3.8, 4) is 23.0 Å². The van der Waals surface area contributed by atoms with Crippen molar-refractivity contribution < 1.29 is 39.2 Å². The molecule has 0 spiro atoms. The first kappa shape index (κ1) is 27.4. The Balaban J connectivity index is 0.000000425. The van der Waals surface area contributed by atoms with Crippen LogP contribution in [0, 0.1) is 0 Å². The monoisotopic (exact) mass is 490 g/mol. The number of carbonyl (C=O) groups is 3. The molecule has 8 heteroatoms. The van der Waals surface area contributed by atoms with E-state index in [1.54, 1.807) is 66.7 Å². The number of phenols is 2. The normalized spacial score (nSPS) is 10.5. The average molecular weight is 491 g/mol. The molecule has 0 unspecified atom stereocenters. The fraction of sp³-hybridized carbons (Fsp3) is 0.107. The van der Waals surface area contributed by atoms with Crippen molar-refractivity contribution in [1.82, 2.24) is 0 Å². The van der Waals surface area contributed by atoms with Gasteiger partial charge >= 0.3 is 5.97 Å². The van der Waals surface area contributed by atoms with Crippen molar-refractivity contribution in [2.75, 3.05) is 14.2 Å². The molecule has 0 atom stereocenters. The lowest BCUT2D eigenvalue weighted by atomic mass is 10.1. The van der Waals surface area contributed by atoms with Gasteiger partial charge in [0.1, 0.15) is 0 Å². The maximum Gasteiger partial charge on any atom is 0.335 e. The first-order chi connectivity index (χ1) is 17.2. The Morgan fingerprint density at radius 1 is 0.722 bits per heavy atom. The number of hydrogen-bond donors (Lipinski definition) is 3. The van der Waals surface area contributed by atoms with Crippen LogP contribution in [0.25, 0.3) is 12.2 Å². The van der Waals surface area contributed by atoms with Crippen LogP contribution in [-0.2, 0) is 9.59 Å². The average Bonchev–Trinajstić information content (AvgIpc) is 2.88. The number of benzene rings is 3. The highest BCUT2D eigenvalue weighted by atomic mass is 16.5. The zero-order chi connectivity index (χ0) is 26.5. The lowest BCUT2D eigenvalue weighted by Crippen LogP contribution is -2.01. The summed E-state index contributed by atoms with van der Waals surface area (Å²) in [4.78, 5) is 34.1. The molecule has 3 N–H and O–H groups in total. The van der Waals surface area contributed by atoms with E-state index in [2.05, 4.69) is 0 Å². The van der Waals surface area contributed by atoms with Gasteiger partial charge in [0.25, 0.3) is 0 Å². The first-order valence-electron chi connectivity index (χ1n) is 10.7. The van der Waals surface area contributed by atoms with E-state index in [-0.39, 0.29) is 29.5 Å². The minimum Gasteiger partial charge on any atom is -0.504 e. The summed E-state index contributed by atoms with van der Waals surface area (Å²) in [6.45, 7) is 0. The van der Waals surface area contributed by atoms with Gasteiger partial charge in [-0.2, -0.15) is 0 Å².